The highest BCUT2D eigenvalue weighted by Gasteiger charge is 2.13. The average Bonchev–Trinajstić information content (AvgIpc) is 2.37. The second-order valence-electron chi connectivity index (χ2n) is 4.82. The van der Waals surface area contributed by atoms with Gasteiger partial charge in [0, 0.05) is 6.04 Å². The molecule has 1 fully saturated rings. The summed E-state index contributed by atoms with van der Waals surface area (Å²) in [4.78, 5) is 8.14. The highest BCUT2D eigenvalue weighted by Crippen LogP contribution is 2.15. The van der Waals surface area contributed by atoms with Crippen LogP contribution in [0, 0.1) is 0 Å². The summed E-state index contributed by atoms with van der Waals surface area (Å²) in [5, 5.41) is 3.44. The van der Waals surface area contributed by atoms with Crippen molar-refractivity contribution in [3.05, 3.63) is 12.4 Å². The Labute approximate surface area is 108 Å². The number of piperidine rings is 1. The predicted molar refractivity (Wildman–Crippen MR) is 68.9 cm³/mol. The molecule has 5 heteroatoms. The Morgan fingerprint density at radius 3 is 2.89 bits per heavy atom. The summed E-state index contributed by atoms with van der Waals surface area (Å²) in [6.07, 6.45) is 5.28. The molecule has 1 N–H and O–H groups in total. The minimum Gasteiger partial charge on any atom is -0.476 e. The van der Waals surface area contributed by atoms with E-state index in [4.69, 9.17) is 9.47 Å². The van der Waals surface area contributed by atoms with Crippen molar-refractivity contribution in [1.82, 2.24) is 15.3 Å². The molecule has 1 atom stereocenters. The Morgan fingerprint density at radius 2 is 2.17 bits per heavy atom. The summed E-state index contributed by atoms with van der Waals surface area (Å²) < 4.78 is 11.2. The van der Waals surface area contributed by atoms with Crippen LogP contribution in [0.1, 0.15) is 33.1 Å². The highest BCUT2D eigenvalue weighted by atomic mass is 16.5. The van der Waals surface area contributed by atoms with Crippen LogP contribution in [0.15, 0.2) is 12.4 Å². The van der Waals surface area contributed by atoms with Gasteiger partial charge in [0.25, 0.3) is 0 Å². The Kier molecular flexibility index (Phi) is 4.75. The van der Waals surface area contributed by atoms with Crippen LogP contribution >= 0.6 is 0 Å². The first kappa shape index (κ1) is 13.1. The second kappa shape index (κ2) is 6.54. The fourth-order valence-corrected chi connectivity index (χ4v) is 1.96. The molecule has 100 valence electrons. The van der Waals surface area contributed by atoms with Crippen LogP contribution in [0.2, 0.25) is 0 Å². The van der Waals surface area contributed by atoms with E-state index in [0.717, 1.165) is 6.54 Å². The van der Waals surface area contributed by atoms with Crippen molar-refractivity contribution in [2.45, 2.75) is 45.3 Å². The van der Waals surface area contributed by atoms with E-state index in [-0.39, 0.29) is 6.10 Å². The molecule has 0 amide bonds. The van der Waals surface area contributed by atoms with E-state index in [0.29, 0.717) is 24.4 Å². The zero-order valence-electron chi connectivity index (χ0n) is 11.1. The summed E-state index contributed by atoms with van der Waals surface area (Å²) in [5.41, 5.74) is 0. The van der Waals surface area contributed by atoms with Gasteiger partial charge in [-0.2, -0.15) is 0 Å². The maximum atomic E-state index is 5.67. The lowest BCUT2D eigenvalue weighted by Crippen LogP contribution is -2.38. The van der Waals surface area contributed by atoms with E-state index in [9.17, 15) is 0 Å². The highest BCUT2D eigenvalue weighted by molar-refractivity contribution is 5.18. The minimum atomic E-state index is 0.104. The van der Waals surface area contributed by atoms with Gasteiger partial charge in [-0.15, -0.1) is 0 Å². The van der Waals surface area contributed by atoms with Gasteiger partial charge in [0.05, 0.1) is 12.2 Å². The smallest absolute Gasteiger partial charge is 0.220 e. The normalized spacial score (nSPS) is 19.8. The molecule has 18 heavy (non-hydrogen) atoms. The maximum absolute atomic E-state index is 5.67. The Balaban J connectivity index is 1.84. The quantitative estimate of drug-likeness (QED) is 0.864. The van der Waals surface area contributed by atoms with Gasteiger partial charge >= 0.3 is 0 Å². The second-order valence-corrected chi connectivity index (χ2v) is 4.82. The lowest BCUT2D eigenvalue weighted by molar-refractivity contribution is 0.218. The van der Waals surface area contributed by atoms with E-state index in [1.54, 1.807) is 6.07 Å². The average molecular weight is 251 g/mol. The first-order valence-corrected chi connectivity index (χ1v) is 6.59. The fraction of sp³-hybridized carbons (Fsp3) is 0.692. The van der Waals surface area contributed by atoms with Crippen molar-refractivity contribution >= 4 is 0 Å². The Hall–Kier alpha value is -1.36. The van der Waals surface area contributed by atoms with Gasteiger partial charge in [0.2, 0.25) is 11.8 Å². The monoisotopic (exact) mass is 251 g/mol. The van der Waals surface area contributed by atoms with E-state index >= 15 is 0 Å². The van der Waals surface area contributed by atoms with Crippen LogP contribution < -0.4 is 14.8 Å². The molecule has 0 radical (unpaired) electrons. The Morgan fingerprint density at radius 1 is 1.33 bits per heavy atom. The molecule has 1 aromatic heterocycles. The van der Waals surface area contributed by atoms with Gasteiger partial charge in [-0.25, -0.2) is 9.97 Å². The first-order valence-electron chi connectivity index (χ1n) is 6.59. The Bertz CT molecular complexity index is 365. The molecule has 1 aromatic rings. The molecule has 0 aliphatic carbocycles. The fourth-order valence-electron chi connectivity index (χ4n) is 1.96. The van der Waals surface area contributed by atoms with Gasteiger partial charge < -0.3 is 14.8 Å². The van der Waals surface area contributed by atoms with Gasteiger partial charge in [0.1, 0.15) is 12.9 Å². The lowest BCUT2D eigenvalue weighted by Gasteiger charge is -2.23. The molecule has 2 heterocycles. The lowest BCUT2D eigenvalue weighted by atomic mass is 10.1. The van der Waals surface area contributed by atoms with Crippen molar-refractivity contribution in [1.29, 1.82) is 0 Å². The van der Waals surface area contributed by atoms with Gasteiger partial charge in [-0.3, -0.25) is 0 Å². The molecule has 1 unspecified atom stereocenters. The molecule has 0 bridgehead atoms. The van der Waals surface area contributed by atoms with Crippen molar-refractivity contribution < 1.29 is 9.47 Å². The van der Waals surface area contributed by atoms with Crippen molar-refractivity contribution in [3.8, 4) is 11.8 Å². The summed E-state index contributed by atoms with van der Waals surface area (Å²) in [7, 11) is 0. The van der Waals surface area contributed by atoms with Crippen LogP contribution in [0.3, 0.4) is 0 Å². The standard InChI is InChI=1S/C13H21N3O2/c1-10(2)18-13-7-12(15-9-16-13)17-8-11-5-3-4-6-14-11/h7,9-11,14H,3-6,8H2,1-2H3. The topological polar surface area (TPSA) is 56.3 Å². The number of hydrogen-bond donors (Lipinski definition) is 1. The molecule has 1 saturated heterocycles. The molecule has 0 aromatic carbocycles. The molecular formula is C13H21N3O2. The number of rotatable bonds is 5. The van der Waals surface area contributed by atoms with Crippen LogP contribution in [-0.2, 0) is 0 Å². The largest absolute Gasteiger partial charge is 0.476 e. The number of nitrogens with one attached hydrogen (secondary N) is 1. The summed E-state index contributed by atoms with van der Waals surface area (Å²) in [5.74, 6) is 1.14. The maximum Gasteiger partial charge on any atom is 0.220 e. The van der Waals surface area contributed by atoms with Gasteiger partial charge in [0.15, 0.2) is 0 Å². The predicted octanol–water partition coefficient (Wildman–Crippen LogP) is 1.78. The van der Waals surface area contributed by atoms with Gasteiger partial charge in [-0.1, -0.05) is 6.42 Å². The third-order valence-electron chi connectivity index (χ3n) is 2.82. The SMILES string of the molecule is CC(C)Oc1cc(OCC2CCCCN2)ncn1. The minimum absolute atomic E-state index is 0.104. The molecule has 1 aliphatic heterocycles. The third kappa shape index (κ3) is 4.14. The molecule has 2 rings (SSSR count). The van der Waals surface area contributed by atoms with Crippen LogP contribution in [0.25, 0.3) is 0 Å². The van der Waals surface area contributed by atoms with Crippen molar-refractivity contribution in [2.75, 3.05) is 13.2 Å². The van der Waals surface area contributed by atoms with Crippen LogP contribution in [0.5, 0.6) is 11.8 Å². The molecule has 0 saturated carbocycles. The van der Waals surface area contributed by atoms with E-state index in [1.807, 2.05) is 13.8 Å². The van der Waals surface area contributed by atoms with Crippen LogP contribution in [-0.4, -0.2) is 35.3 Å². The number of hydrogen-bond acceptors (Lipinski definition) is 5. The van der Waals surface area contributed by atoms with Crippen LogP contribution in [0.4, 0.5) is 0 Å². The summed E-state index contributed by atoms with van der Waals surface area (Å²) >= 11 is 0. The van der Waals surface area contributed by atoms with E-state index in [1.165, 1.54) is 25.6 Å². The molecular weight excluding hydrogens is 230 g/mol. The molecule has 5 nitrogen and oxygen atoms in total. The van der Waals surface area contributed by atoms with E-state index < -0.39 is 0 Å². The number of aromatic nitrogens is 2. The zero-order valence-corrected chi connectivity index (χ0v) is 11.1. The first-order chi connectivity index (χ1) is 8.74. The molecule has 1 aliphatic rings. The zero-order chi connectivity index (χ0) is 12.8. The van der Waals surface area contributed by atoms with Crippen molar-refractivity contribution in [3.63, 3.8) is 0 Å². The van der Waals surface area contributed by atoms with Crippen molar-refractivity contribution in [2.24, 2.45) is 0 Å². The van der Waals surface area contributed by atoms with Gasteiger partial charge in [-0.05, 0) is 33.2 Å². The summed E-state index contributed by atoms with van der Waals surface area (Å²) in [6.45, 7) is 5.67. The molecule has 0 spiro atoms. The number of ether oxygens (including phenoxy) is 2. The van der Waals surface area contributed by atoms with E-state index in [2.05, 4.69) is 15.3 Å². The number of nitrogens with zero attached hydrogens (tertiary/aromatic N) is 2. The third-order valence-corrected chi connectivity index (χ3v) is 2.82. The summed E-state index contributed by atoms with van der Waals surface area (Å²) in [6, 6.07) is 2.17.